The van der Waals surface area contributed by atoms with E-state index in [0.29, 0.717) is 31.9 Å². The van der Waals surface area contributed by atoms with Crippen molar-refractivity contribution in [3.63, 3.8) is 0 Å². The maximum absolute atomic E-state index is 12.9. The van der Waals surface area contributed by atoms with E-state index in [1.165, 1.54) is 0 Å². The van der Waals surface area contributed by atoms with Gasteiger partial charge in [0.15, 0.2) is 5.65 Å². The van der Waals surface area contributed by atoms with E-state index in [2.05, 4.69) is 25.0 Å². The summed E-state index contributed by atoms with van der Waals surface area (Å²) in [7, 11) is 1.87. The van der Waals surface area contributed by atoms with Crippen LogP contribution >= 0.6 is 0 Å². The second-order valence-corrected chi connectivity index (χ2v) is 6.87. The van der Waals surface area contributed by atoms with Gasteiger partial charge in [-0.05, 0) is 12.1 Å². The van der Waals surface area contributed by atoms with Crippen LogP contribution in [0.4, 0.5) is 5.82 Å². The van der Waals surface area contributed by atoms with Crippen molar-refractivity contribution in [3.05, 3.63) is 54.6 Å². The number of anilines is 1. The molecule has 140 valence electrons. The van der Waals surface area contributed by atoms with Gasteiger partial charge in [0.05, 0.1) is 17.1 Å². The molecule has 5 rings (SSSR count). The summed E-state index contributed by atoms with van der Waals surface area (Å²) in [5, 5.41) is 6.24. The Balaban J connectivity index is 1.34. The Labute approximate surface area is 161 Å². The Morgan fingerprint density at radius 3 is 2.68 bits per heavy atom. The fraction of sp³-hybridized carbons (Fsp3) is 0.250. The number of nitrogens with zero attached hydrogens (tertiary/aromatic N) is 7. The van der Waals surface area contributed by atoms with E-state index in [9.17, 15) is 4.79 Å². The van der Waals surface area contributed by atoms with E-state index < -0.39 is 0 Å². The Hall–Kier alpha value is -3.55. The first-order valence-corrected chi connectivity index (χ1v) is 9.23. The molecule has 4 heterocycles. The zero-order chi connectivity index (χ0) is 19.1. The molecular weight excluding hydrogens is 354 g/mol. The molecule has 4 aromatic rings. The van der Waals surface area contributed by atoms with Gasteiger partial charge in [-0.25, -0.2) is 15.0 Å². The molecule has 0 saturated carbocycles. The smallest absolute Gasteiger partial charge is 0.272 e. The van der Waals surface area contributed by atoms with Crippen LogP contribution in [0.1, 0.15) is 10.5 Å². The quantitative estimate of drug-likeness (QED) is 0.534. The highest BCUT2D eigenvalue weighted by Crippen LogP contribution is 2.23. The zero-order valence-corrected chi connectivity index (χ0v) is 15.5. The van der Waals surface area contributed by atoms with Gasteiger partial charge in [-0.2, -0.15) is 5.10 Å². The number of hydrogen-bond acceptors (Lipinski definition) is 6. The van der Waals surface area contributed by atoms with Crippen LogP contribution in [0.3, 0.4) is 0 Å². The van der Waals surface area contributed by atoms with Crippen LogP contribution in [0.15, 0.2) is 48.9 Å². The number of para-hydroxylation sites is 1. The first-order valence-electron chi connectivity index (χ1n) is 9.23. The molecule has 8 heteroatoms. The van der Waals surface area contributed by atoms with E-state index in [4.69, 9.17) is 0 Å². The zero-order valence-electron chi connectivity index (χ0n) is 15.5. The summed E-state index contributed by atoms with van der Waals surface area (Å²) in [6, 6.07) is 11.6. The summed E-state index contributed by atoms with van der Waals surface area (Å²) in [5.74, 6) is 0.841. The molecule has 1 amide bonds. The monoisotopic (exact) mass is 373 g/mol. The average molecular weight is 373 g/mol. The lowest BCUT2D eigenvalue weighted by Crippen LogP contribution is -2.49. The molecular formula is C20H19N7O. The van der Waals surface area contributed by atoms with Gasteiger partial charge in [-0.3, -0.25) is 9.48 Å². The number of fused-ring (bicyclic) bond motifs is 2. The minimum absolute atomic E-state index is 0.0281. The molecule has 0 spiro atoms. The number of carbonyl (C=O) groups excluding carboxylic acids is 1. The first-order chi connectivity index (χ1) is 13.7. The number of pyridine rings is 1. The van der Waals surface area contributed by atoms with Gasteiger partial charge < -0.3 is 9.80 Å². The summed E-state index contributed by atoms with van der Waals surface area (Å²) >= 11 is 0. The SMILES string of the molecule is Cn1ncc2c(N3CCN(C(=O)c4ccc5ccccc5n4)CC3)ncnc21. The number of benzene rings is 1. The Morgan fingerprint density at radius 1 is 1.00 bits per heavy atom. The van der Waals surface area contributed by atoms with Crippen molar-refractivity contribution in [2.45, 2.75) is 0 Å². The van der Waals surface area contributed by atoms with E-state index in [1.54, 1.807) is 23.3 Å². The second kappa shape index (κ2) is 6.56. The van der Waals surface area contributed by atoms with E-state index >= 15 is 0 Å². The van der Waals surface area contributed by atoms with E-state index in [-0.39, 0.29) is 5.91 Å². The van der Waals surface area contributed by atoms with Crippen molar-refractivity contribution in [2.24, 2.45) is 7.05 Å². The van der Waals surface area contributed by atoms with Gasteiger partial charge in [-0.15, -0.1) is 0 Å². The van der Waals surface area contributed by atoms with Gasteiger partial charge in [0.25, 0.3) is 5.91 Å². The molecule has 1 saturated heterocycles. The average Bonchev–Trinajstić information content (AvgIpc) is 3.14. The van der Waals surface area contributed by atoms with Crippen LogP contribution in [0.2, 0.25) is 0 Å². The highest BCUT2D eigenvalue weighted by Gasteiger charge is 2.25. The summed E-state index contributed by atoms with van der Waals surface area (Å²) in [5.41, 5.74) is 2.14. The van der Waals surface area contributed by atoms with Crippen molar-refractivity contribution < 1.29 is 4.79 Å². The van der Waals surface area contributed by atoms with E-state index in [1.807, 2.05) is 42.3 Å². The summed E-state index contributed by atoms with van der Waals surface area (Å²) in [6.07, 6.45) is 3.36. The van der Waals surface area contributed by atoms with Gasteiger partial charge in [0, 0.05) is 38.6 Å². The van der Waals surface area contributed by atoms with Crippen LogP contribution in [0.5, 0.6) is 0 Å². The predicted molar refractivity (Wildman–Crippen MR) is 106 cm³/mol. The highest BCUT2D eigenvalue weighted by molar-refractivity contribution is 5.95. The molecule has 0 unspecified atom stereocenters. The summed E-state index contributed by atoms with van der Waals surface area (Å²) < 4.78 is 1.74. The molecule has 0 atom stereocenters. The van der Waals surface area contributed by atoms with Crippen molar-refractivity contribution in [1.82, 2.24) is 29.6 Å². The number of rotatable bonds is 2. The lowest BCUT2D eigenvalue weighted by molar-refractivity contribution is 0.0741. The molecule has 0 aliphatic carbocycles. The first kappa shape index (κ1) is 16.6. The van der Waals surface area contributed by atoms with Crippen molar-refractivity contribution in [1.29, 1.82) is 0 Å². The predicted octanol–water partition coefficient (Wildman–Crippen LogP) is 1.87. The molecule has 0 N–H and O–H groups in total. The normalized spacial score (nSPS) is 14.8. The fourth-order valence-electron chi connectivity index (χ4n) is 3.67. The highest BCUT2D eigenvalue weighted by atomic mass is 16.2. The minimum atomic E-state index is -0.0281. The summed E-state index contributed by atoms with van der Waals surface area (Å²) in [4.78, 5) is 30.2. The van der Waals surface area contributed by atoms with Crippen LogP contribution in [-0.2, 0) is 7.05 Å². The molecule has 8 nitrogen and oxygen atoms in total. The topological polar surface area (TPSA) is 80.0 Å². The van der Waals surface area contributed by atoms with Crippen molar-refractivity contribution in [2.75, 3.05) is 31.1 Å². The van der Waals surface area contributed by atoms with Gasteiger partial charge in [0.1, 0.15) is 17.8 Å². The molecule has 3 aromatic heterocycles. The number of amides is 1. The maximum atomic E-state index is 12.9. The molecule has 0 bridgehead atoms. The molecule has 0 radical (unpaired) electrons. The van der Waals surface area contributed by atoms with Gasteiger partial charge in [0.2, 0.25) is 0 Å². The summed E-state index contributed by atoms with van der Waals surface area (Å²) in [6.45, 7) is 2.67. The fourth-order valence-corrected chi connectivity index (χ4v) is 3.67. The lowest BCUT2D eigenvalue weighted by Gasteiger charge is -2.35. The number of aromatic nitrogens is 5. The second-order valence-electron chi connectivity index (χ2n) is 6.87. The van der Waals surface area contributed by atoms with Gasteiger partial charge in [-0.1, -0.05) is 24.3 Å². The Bertz CT molecular complexity index is 1180. The number of hydrogen-bond donors (Lipinski definition) is 0. The van der Waals surface area contributed by atoms with Crippen LogP contribution in [0, 0.1) is 0 Å². The minimum Gasteiger partial charge on any atom is -0.352 e. The third-order valence-electron chi connectivity index (χ3n) is 5.19. The van der Waals surface area contributed by atoms with Crippen molar-refractivity contribution >= 4 is 33.7 Å². The number of piperazine rings is 1. The lowest BCUT2D eigenvalue weighted by atomic mass is 10.2. The largest absolute Gasteiger partial charge is 0.352 e. The van der Waals surface area contributed by atoms with Crippen LogP contribution in [-0.4, -0.2) is 61.7 Å². The molecule has 1 aliphatic heterocycles. The number of aryl methyl sites for hydroxylation is 1. The number of carbonyl (C=O) groups is 1. The molecule has 1 fully saturated rings. The Kier molecular flexibility index (Phi) is 3.89. The Morgan fingerprint density at radius 2 is 1.82 bits per heavy atom. The van der Waals surface area contributed by atoms with Crippen LogP contribution in [0.25, 0.3) is 21.9 Å². The van der Waals surface area contributed by atoms with Crippen molar-refractivity contribution in [3.8, 4) is 0 Å². The standard InChI is InChI=1S/C20H19N7O/c1-25-18-15(12-23-25)19(22-13-21-18)26-8-10-27(11-9-26)20(28)17-7-6-14-4-2-3-5-16(14)24-17/h2-7,12-13H,8-11H2,1H3. The maximum Gasteiger partial charge on any atom is 0.272 e. The molecule has 1 aromatic carbocycles. The van der Waals surface area contributed by atoms with Crippen LogP contribution < -0.4 is 4.90 Å². The third-order valence-corrected chi connectivity index (χ3v) is 5.19. The molecule has 1 aliphatic rings. The third kappa shape index (κ3) is 2.74. The van der Waals surface area contributed by atoms with E-state index in [0.717, 1.165) is 27.8 Å². The van der Waals surface area contributed by atoms with Gasteiger partial charge >= 0.3 is 0 Å². The molecule has 28 heavy (non-hydrogen) atoms.